The molecule has 0 bridgehead atoms. The molecule has 0 amide bonds. The zero-order chi connectivity index (χ0) is 21.6. The lowest BCUT2D eigenvalue weighted by atomic mass is 10.1. The molecular formula is C22H22Cl2FN3O3. The first-order valence-electron chi connectivity index (χ1n) is 10.1. The van der Waals surface area contributed by atoms with Crippen LogP contribution in [0.2, 0.25) is 5.02 Å². The fraction of sp³-hybridized carbons (Fsp3) is 0.364. The average Bonchev–Trinajstić information content (AvgIpc) is 2.77. The Hall–Kier alpha value is -2.35. The maximum absolute atomic E-state index is 13.5. The number of rotatable bonds is 8. The van der Waals surface area contributed by atoms with Crippen LogP contribution in [0.5, 0.6) is 11.5 Å². The monoisotopic (exact) mass is 465 g/mol. The van der Waals surface area contributed by atoms with E-state index in [1.165, 1.54) is 18.5 Å². The third kappa shape index (κ3) is 5.47. The third-order valence-corrected chi connectivity index (χ3v) is 5.42. The molecule has 6 nitrogen and oxygen atoms in total. The topological polar surface area (TPSA) is 65.5 Å². The molecule has 0 aliphatic carbocycles. The Bertz CT molecular complexity index is 1050. The van der Waals surface area contributed by atoms with E-state index in [0.29, 0.717) is 59.6 Å². The summed E-state index contributed by atoms with van der Waals surface area (Å²) in [6.07, 6.45) is 3.79. The molecule has 1 aliphatic rings. The molecule has 1 saturated heterocycles. The molecule has 1 aromatic heterocycles. The van der Waals surface area contributed by atoms with E-state index < -0.39 is 5.82 Å². The number of aromatic nitrogens is 2. The van der Waals surface area contributed by atoms with Gasteiger partial charge < -0.3 is 19.5 Å². The Morgan fingerprint density at radius 3 is 2.77 bits per heavy atom. The summed E-state index contributed by atoms with van der Waals surface area (Å²) in [4.78, 5) is 8.80. The van der Waals surface area contributed by atoms with Crippen LogP contribution in [0.15, 0.2) is 36.7 Å². The predicted molar refractivity (Wildman–Crippen MR) is 120 cm³/mol. The SMILES string of the molecule is Fc1ccc(Nc2ncnc3cc(OCCCCl)cc(OC4CCOCC4)c23)cc1Cl. The van der Waals surface area contributed by atoms with Gasteiger partial charge in [0.2, 0.25) is 0 Å². The van der Waals surface area contributed by atoms with Crippen molar-refractivity contribution in [2.75, 3.05) is 31.0 Å². The third-order valence-electron chi connectivity index (χ3n) is 4.87. The van der Waals surface area contributed by atoms with Crippen molar-refractivity contribution >= 4 is 45.6 Å². The van der Waals surface area contributed by atoms with Crippen LogP contribution in [0.25, 0.3) is 10.9 Å². The minimum absolute atomic E-state index is 0.0170. The standard InChI is InChI=1S/C22H22Cl2FN3O3/c23-6-1-7-30-16-11-19-21(20(12-16)31-15-4-8-29-9-5-15)22(27-13-26-19)28-14-2-3-18(25)17(24)10-14/h2-3,10-13,15H,1,4-9H2,(H,26,27,28). The van der Waals surface area contributed by atoms with Crippen molar-refractivity contribution in [1.29, 1.82) is 0 Å². The first-order valence-corrected chi connectivity index (χ1v) is 11.0. The Labute approximate surface area is 189 Å². The molecule has 1 N–H and O–H groups in total. The van der Waals surface area contributed by atoms with Gasteiger partial charge in [0, 0.05) is 36.5 Å². The Kier molecular flexibility index (Phi) is 7.27. The first kappa shape index (κ1) is 21.9. The first-order chi connectivity index (χ1) is 15.1. The number of hydrogen-bond donors (Lipinski definition) is 1. The Morgan fingerprint density at radius 1 is 1.16 bits per heavy atom. The highest BCUT2D eigenvalue weighted by Gasteiger charge is 2.20. The van der Waals surface area contributed by atoms with Gasteiger partial charge >= 0.3 is 0 Å². The highest BCUT2D eigenvalue weighted by Crippen LogP contribution is 2.37. The highest BCUT2D eigenvalue weighted by molar-refractivity contribution is 6.31. The van der Waals surface area contributed by atoms with Crippen molar-refractivity contribution in [2.45, 2.75) is 25.4 Å². The van der Waals surface area contributed by atoms with E-state index in [2.05, 4.69) is 15.3 Å². The second-order valence-electron chi connectivity index (χ2n) is 7.11. The summed E-state index contributed by atoms with van der Waals surface area (Å²) < 4.78 is 31.2. The lowest BCUT2D eigenvalue weighted by Crippen LogP contribution is -2.26. The maximum Gasteiger partial charge on any atom is 0.145 e. The molecule has 31 heavy (non-hydrogen) atoms. The molecule has 2 heterocycles. The Morgan fingerprint density at radius 2 is 2.00 bits per heavy atom. The second-order valence-corrected chi connectivity index (χ2v) is 7.90. The van der Waals surface area contributed by atoms with E-state index in [-0.39, 0.29) is 11.1 Å². The largest absolute Gasteiger partial charge is 0.493 e. The van der Waals surface area contributed by atoms with E-state index in [4.69, 9.17) is 37.4 Å². The number of ether oxygens (including phenoxy) is 3. The number of hydrogen-bond acceptors (Lipinski definition) is 6. The normalized spacial score (nSPS) is 14.5. The summed E-state index contributed by atoms with van der Waals surface area (Å²) in [5.74, 6) is 1.83. The molecular weight excluding hydrogens is 444 g/mol. The van der Waals surface area contributed by atoms with Crippen LogP contribution < -0.4 is 14.8 Å². The molecule has 4 rings (SSSR count). The van der Waals surface area contributed by atoms with Gasteiger partial charge in [-0.25, -0.2) is 14.4 Å². The fourth-order valence-corrected chi connectivity index (χ4v) is 3.62. The van der Waals surface area contributed by atoms with Gasteiger partial charge in [-0.2, -0.15) is 0 Å². The number of alkyl halides is 1. The van der Waals surface area contributed by atoms with Crippen LogP contribution in [0.3, 0.4) is 0 Å². The van der Waals surface area contributed by atoms with E-state index in [1.54, 1.807) is 6.07 Å². The van der Waals surface area contributed by atoms with Crippen molar-refractivity contribution in [1.82, 2.24) is 9.97 Å². The minimum Gasteiger partial charge on any atom is -0.493 e. The predicted octanol–water partition coefficient (Wildman–Crippen LogP) is 5.73. The number of nitrogens with zero attached hydrogens (tertiary/aromatic N) is 2. The molecule has 0 spiro atoms. The molecule has 3 aromatic rings. The zero-order valence-corrected chi connectivity index (χ0v) is 18.3. The molecule has 0 saturated carbocycles. The minimum atomic E-state index is -0.484. The summed E-state index contributed by atoms with van der Waals surface area (Å²) in [7, 11) is 0. The number of benzene rings is 2. The van der Waals surface area contributed by atoms with Gasteiger partial charge in [-0.3, -0.25) is 0 Å². The summed E-state index contributed by atoms with van der Waals surface area (Å²) >= 11 is 11.7. The van der Waals surface area contributed by atoms with Gasteiger partial charge in [0.25, 0.3) is 0 Å². The number of nitrogens with one attached hydrogen (secondary N) is 1. The fourth-order valence-electron chi connectivity index (χ4n) is 3.33. The van der Waals surface area contributed by atoms with E-state index >= 15 is 0 Å². The molecule has 0 atom stereocenters. The quantitative estimate of drug-likeness (QED) is 0.338. The molecule has 0 radical (unpaired) electrons. The number of halogens is 3. The smallest absolute Gasteiger partial charge is 0.145 e. The second kappa shape index (κ2) is 10.3. The van der Waals surface area contributed by atoms with Crippen molar-refractivity contribution in [2.24, 2.45) is 0 Å². The maximum atomic E-state index is 13.5. The van der Waals surface area contributed by atoms with Gasteiger partial charge in [0.05, 0.1) is 35.7 Å². The summed E-state index contributed by atoms with van der Waals surface area (Å²) in [6, 6.07) is 8.09. The van der Waals surface area contributed by atoms with Crippen molar-refractivity contribution in [3.8, 4) is 11.5 Å². The van der Waals surface area contributed by atoms with Crippen LogP contribution in [-0.2, 0) is 4.74 Å². The molecule has 1 fully saturated rings. The van der Waals surface area contributed by atoms with Gasteiger partial charge in [-0.1, -0.05) is 11.6 Å². The summed E-state index contributed by atoms with van der Waals surface area (Å²) in [5, 5.41) is 3.93. The molecule has 9 heteroatoms. The van der Waals surface area contributed by atoms with Crippen LogP contribution in [0.1, 0.15) is 19.3 Å². The lowest BCUT2D eigenvalue weighted by Gasteiger charge is -2.24. The van der Waals surface area contributed by atoms with Crippen molar-refractivity contribution in [3.63, 3.8) is 0 Å². The van der Waals surface area contributed by atoms with E-state index in [0.717, 1.165) is 19.3 Å². The summed E-state index contributed by atoms with van der Waals surface area (Å²) in [5.41, 5.74) is 1.27. The lowest BCUT2D eigenvalue weighted by molar-refractivity contribution is 0.0261. The highest BCUT2D eigenvalue weighted by atomic mass is 35.5. The molecule has 1 aliphatic heterocycles. The molecule has 2 aromatic carbocycles. The van der Waals surface area contributed by atoms with Crippen molar-refractivity contribution < 1.29 is 18.6 Å². The van der Waals surface area contributed by atoms with Crippen LogP contribution in [0.4, 0.5) is 15.9 Å². The van der Waals surface area contributed by atoms with Crippen LogP contribution in [0, 0.1) is 5.82 Å². The van der Waals surface area contributed by atoms with Crippen LogP contribution in [-0.4, -0.2) is 41.8 Å². The molecule has 0 unspecified atom stereocenters. The van der Waals surface area contributed by atoms with Gasteiger partial charge in [-0.15, -0.1) is 11.6 Å². The van der Waals surface area contributed by atoms with Gasteiger partial charge in [0.15, 0.2) is 0 Å². The Balaban J connectivity index is 1.72. The average molecular weight is 466 g/mol. The summed E-state index contributed by atoms with van der Waals surface area (Å²) in [6.45, 7) is 1.81. The van der Waals surface area contributed by atoms with E-state index in [1.807, 2.05) is 12.1 Å². The number of anilines is 2. The van der Waals surface area contributed by atoms with Crippen molar-refractivity contribution in [3.05, 3.63) is 47.5 Å². The molecule has 164 valence electrons. The van der Waals surface area contributed by atoms with Gasteiger partial charge in [-0.05, 0) is 24.6 Å². The van der Waals surface area contributed by atoms with Gasteiger partial charge in [0.1, 0.15) is 35.6 Å². The van der Waals surface area contributed by atoms with Crippen LogP contribution >= 0.6 is 23.2 Å². The number of fused-ring (bicyclic) bond motifs is 1. The zero-order valence-electron chi connectivity index (χ0n) is 16.7. The van der Waals surface area contributed by atoms with E-state index in [9.17, 15) is 4.39 Å².